The third kappa shape index (κ3) is 3.95. The number of likely N-dealkylation sites (tertiary alicyclic amines) is 1. The molecule has 1 aliphatic heterocycles. The maximum absolute atomic E-state index is 11.4. The van der Waals surface area contributed by atoms with Crippen molar-refractivity contribution >= 4 is 30.4 Å². The molecule has 2 unspecified atom stereocenters. The molecule has 0 bridgehead atoms. The summed E-state index contributed by atoms with van der Waals surface area (Å²) in [6, 6.07) is 8.48. The van der Waals surface area contributed by atoms with Gasteiger partial charge in [0.25, 0.3) is 0 Å². The van der Waals surface area contributed by atoms with E-state index in [1.54, 1.807) is 0 Å². The van der Waals surface area contributed by atoms with Crippen LogP contribution < -0.4 is 5.32 Å². The van der Waals surface area contributed by atoms with Crippen molar-refractivity contribution in [2.45, 2.75) is 24.6 Å². The monoisotopic (exact) mass is 350 g/mol. The molecule has 2 amide bonds. The van der Waals surface area contributed by atoms with Crippen molar-refractivity contribution in [1.82, 2.24) is 10.2 Å². The number of benzene rings is 1. The average Bonchev–Trinajstić information content (AvgIpc) is 3.09. The summed E-state index contributed by atoms with van der Waals surface area (Å²) in [5.41, 5.74) is 2.85. The summed E-state index contributed by atoms with van der Waals surface area (Å²) in [4.78, 5) is 33.1. The number of aliphatic hydroxyl groups excluding tert-OH is 1. The van der Waals surface area contributed by atoms with Gasteiger partial charge in [0.2, 0.25) is 18.0 Å². The molecule has 2 aliphatic carbocycles. The van der Waals surface area contributed by atoms with E-state index in [0.29, 0.717) is 0 Å². The molecule has 8 heteroatoms. The van der Waals surface area contributed by atoms with E-state index in [1.807, 2.05) is 0 Å². The second-order valence-electron chi connectivity index (χ2n) is 5.31. The number of thiol groups is 1. The van der Waals surface area contributed by atoms with Crippen LogP contribution in [-0.4, -0.2) is 45.6 Å². The van der Waals surface area contributed by atoms with Gasteiger partial charge in [-0.05, 0) is 17.2 Å². The van der Waals surface area contributed by atoms with Crippen LogP contribution in [0.3, 0.4) is 0 Å². The number of fused-ring (bicyclic) bond motifs is 1. The van der Waals surface area contributed by atoms with Crippen molar-refractivity contribution in [2.75, 3.05) is 6.61 Å². The zero-order valence-electron chi connectivity index (χ0n) is 13.1. The van der Waals surface area contributed by atoms with E-state index in [2.05, 4.69) is 53.5 Å². The normalized spacial score (nSPS) is 20.8. The highest BCUT2D eigenvalue weighted by Crippen LogP contribution is 2.35. The lowest BCUT2D eigenvalue weighted by atomic mass is 10.1. The Bertz CT molecular complexity index is 676. The Morgan fingerprint density at radius 1 is 1.54 bits per heavy atom. The zero-order chi connectivity index (χ0) is 17.9. The van der Waals surface area contributed by atoms with Gasteiger partial charge in [0.1, 0.15) is 6.61 Å². The van der Waals surface area contributed by atoms with Gasteiger partial charge in [-0.15, -0.1) is 12.6 Å². The van der Waals surface area contributed by atoms with Gasteiger partial charge < -0.3 is 15.2 Å². The molecule has 1 fully saturated rings. The minimum absolute atomic E-state index is 0.0857. The first-order valence-corrected chi connectivity index (χ1v) is 7.62. The maximum atomic E-state index is 11.4. The molecule has 0 spiro atoms. The Balaban J connectivity index is 0.000000282. The first kappa shape index (κ1) is 18.0. The fourth-order valence-corrected chi connectivity index (χ4v) is 2.73. The molecule has 0 aromatic heterocycles. The molecule has 0 radical (unpaired) electrons. The predicted octanol–water partition coefficient (Wildman–Crippen LogP) is 0.653. The lowest BCUT2D eigenvalue weighted by Gasteiger charge is -2.49. The molecule has 2 atom stereocenters. The van der Waals surface area contributed by atoms with Crippen molar-refractivity contribution in [3.05, 3.63) is 36.9 Å². The number of amides is 2. The second kappa shape index (κ2) is 7.06. The molecule has 1 saturated heterocycles. The highest BCUT2D eigenvalue weighted by Gasteiger charge is 2.54. The third-order valence-corrected chi connectivity index (χ3v) is 3.84. The summed E-state index contributed by atoms with van der Waals surface area (Å²) < 4.78 is 4.61. The number of carbonyl (C=O) groups is 3. The number of rotatable bonds is 5. The molecule has 0 saturated carbocycles. The molecule has 7 nitrogen and oxygen atoms in total. The van der Waals surface area contributed by atoms with Crippen LogP contribution in [0.15, 0.2) is 36.9 Å². The standard InChI is InChI=1S/C10H14N2O5S.C6H4/c1-3-4-17-9(16)8(15)12-7(14)5-10(12,18)11-6(2)13;1-2-5-4-6(5)3-1/h3,8,15,18H,1,4-5H2,2H3,(H,11,13);1-4H. The average molecular weight is 350 g/mol. The van der Waals surface area contributed by atoms with E-state index in [0.717, 1.165) is 4.90 Å². The van der Waals surface area contributed by atoms with Crippen LogP contribution in [-0.2, 0) is 19.1 Å². The van der Waals surface area contributed by atoms with Gasteiger partial charge >= 0.3 is 5.97 Å². The fraction of sp³-hybridized carbons (Fsp3) is 0.312. The summed E-state index contributed by atoms with van der Waals surface area (Å²) in [5, 5.41) is 12.0. The van der Waals surface area contributed by atoms with Gasteiger partial charge in [0.15, 0.2) is 4.99 Å². The van der Waals surface area contributed by atoms with Crippen molar-refractivity contribution in [3.63, 3.8) is 0 Å². The molecule has 128 valence electrons. The van der Waals surface area contributed by atoms with E-state index in [9.17, 15) is 19.5 Å². The summed E-state index contributed by atoms with van der Waals surface area (Å²) >= 11 is 4.08. The molecular formula is C16H18N2O5S. The third-order valence-electron chi connectivity index (χ3n) is 3.35. The number of aliphatic hydroxyl groups is 1. The number of β-lactam (4-membered cyclic amide) rings is 1. The molecule has 3 rings (SSSR count). The quantitative estimate of drug-likeness (QED) is 0.242. The number of nitrogens with zero attached hydrogens (tertiary/aromatic N) is 1. The molecule has 0 aromatic carbocycles. The first-order valence-electron chi connectivity index (χ1n) is 7.18. The Morgan fingerprint density at radius 3 is 2.54 bits per heavy atom. The lowest BCUT2D eigenvalue weighted by molar-refractivity contribution is -0.188. The van der Waals surface area contributed by atoms with E-state index < -0.39 is 29.0 Å². The fourth-order valence-electron chi connectivity index (χ4n) is 2.22. The number of ether oxygens (including phenoxy) is 1. The molecule has 2 N–H and O–H groups in total. The molecule has 24 heavy (non-hydrogen) atoms. The molecular weight excluding hydrogens is 332 g/mol. The van der Waals surface area contributed by atoms with Gasteiger partial charge in [-0.25, -0.2) is 4.79 Å². The minimum atomic E-state index is -1.81. The van der Waals surface area contributed by atoms with E-state index in [-0.39, 0.29) is 13.0 Å². The van der Waals surface area contributed by atoms with Gasteiger partial charge in [0, 0.05) is 6.92 Å². The van der Waals surface area contributed by atoms with Gasteiger partial charge in [-0.3, -0.25) is 14.5 Å². The SMILES string of the molecule is C=CCOC(=O)C(O)N1C(=O)CC1(S)NC(C)=O.c1cc2cc-2c1. The van der Waals surface area contributed by atoms with Crippen molar-refractivity contribution in [1.29, 1.82) is 0 Å². The van der Waals surface area contributed by atoms with Crippen LogP contribution in [0.1, 0.15) is 13.3 Å². The number of hydrogen-bond acceptors (Lipinski definition) is 6. The van der Waals surface area contributed by atoms with E-state index in [1.165, 1.54) is 24.1 Å². The number of carbonyl (C=O) groups excluding carboxylic acids is 3. The van der Waals surface area contributed by atoms with E-state index >= 15 is 0 Å². The topological polar surface area (TPSA) is 95.9 Å². The summed E-state index contributed by atoms with van der Waals surface area (Å²) in [6.07, 6.45) is -0.596. The van der Waals surface area contributed by atoms with Gasteiger partial charge in [-0.1, -0.05) is 30.9 Å². The first-order chi connectivity index (χ1) is 11.3. The van der Waals surface area contributed by atoms with Crippen LogP contribution in [0.2, 0.25) is 0 Å². The number of nitrogens with one attached hydrogen (secondary N) is 1. The smallest absolute Gasteiger partial charge is 0.356 e. The Kier molecular flexibility index (Phi) is 5.30. The van der Waals surface area contributed by atoms with Crippen LogP contribution >= 0.6 is 12.6 Å². The van der Waals surface area contributed by atoms with Crippen molar-refractivity contribution in [2.24, 2.45) is 0 Å². The summed E-state index contributed by atoms with van der Waals surface area (Å²) in [5.74, 6) is -1.96. The van der Waals surface area contributed by atoms with Crippen LogP contribution in [0.25, 0.3) is 11.1 Å². The Morgan fingerprint density at radius 2 is 2.17 bits per heavy atom. The highest BCUT2D eigenvalue weighted by atomic mass is 32.1. The van der Waals surface area contributed by atoms with Crippen molar-refractivity contribution in [3.8, 4) is 11.1 Å². The van der Waals surface area contributed by atoms with Crippen LogP contribution in [0.5, 0.6) is 0 Å². The van der Waals surface area contributed by atoms with Crippen molar-refractivity contribution < 1.29 is 24.2 Å². The number of hydrogen-bond donors (Lipinski definition) is 3. The van der Waals surface area contributed by atoms with Gasteiger partial charge in [0.05, 0.1) is 6.42 Å². The van der Waals surface area contributed by atoms with E-state index in [4.69, 9.17) is 0 Å². The largest absolute Gasteiger partial charge is 0.458 e. The maximum Gasteiger partial charge on any atom is 0.356 e. The highest BCUT2D eigenvalue weighted by molar-refractivity contribution is 7.81. The zero-order valence-corrected chi connectivity index (χ0v) is 14.0. The minimum Gasteiger partial charge on any atom is -0.458 e. The lowest BCUT2D eigenvalue weighted by Crippen LogP contribution is -2.72. The van der Waals surface area contributed by atoms with Crippen LogP contribution in [0.4, 0.5) is 0 Å². The number of esters is 1. The summed E-state index contributed by atoms with van der Waals surface area (Å²) in [7, 11) is 0. The molecule has 1 heterocycles. The second-order valence-corrected chi connectivity index (χ2v) is 6.05. The Hall–Kier alpha value is -2.32. The summed E-state index contributed by atoms with van der Waals surface area (Å²) in [6.45, 7) is 4.49. The molecule has 0 aromatic rings. The van der Waals surface area contributed by atoms with Crippen LogP contribution in [0, 0.1) is 0 Å². The Labute approximate surface area is 144 Å². The van der Waals surface area contributed by atoms with Gasteiger partial charge in [-0.2, -0.15) is 0 Å². The molecule has 3 aliphatic rings. The predicted molar refractivity (Wildman–Crippen MR) is 89.6 cm³/mol.